The maximum atomic E-state index is 11.7. The van der Waals surface area contributed by atoms with Gasteiger partial charge in [0.05, 0.1) is 26.4 Å². The third kappa shape index (κ3) is 8.45. The summed E-state index contributed by atoms with van der Waals surface area (Å²) < 4.78 is 44.9. The number of ether oxygens (including phenoxy) is 2. The zero-order valence-electron chi connectivity index (χ0n) is 8.68. The molecular formula is C8H15F3N2O3. The van der Waals surface area contributed by atoms with Crippen LogP contribution in [0.15, 0.2) is 0 Å². The minimum atomic E-state index is -4.84. The van der Waals surface area contributed by atoms with Crippen molar-refractivity contribution in [2.24, 2.45) is 5.73 Å². The standard InChI is InChI=1S/C8H15F3N2O3/c9-8(10,11)7(14)13-2-4-16-6-5-15-3-1-12/h1-6,12H2,(H,13,14). The molecule has 0 rings (SSSR count). The number of carbonyl (C=O) groups is 1. The topological polar surface area (TPSA) is 73.6 Å². The van der Waals surface area contributed by atoms with E-state index < -0.39 is 12.1 Å². The van der Waals surface area contributed by atoms with Crippen LogP contribution in [-0.2, 0) is 14.3 Å². The second-order valence-corrected chi connectivity index (χ2v) is 2.77. The van der Waals surface area contributed by atoms with Gasteiger partial charge in [-0.05, 0) is 0 Å². The molecule has 0 aliphatic heterocycles. The molecule has 0 spiro atoms. The van der Waals surface area contributed by atoms with E-state index in [1.807, 2.05) is 0 Å². The van der Waals surface area contributed by atoms with E-state index >= 15 is 0 Å². The number of halogens is 3. The summed E-state index contributed by atoms with van der Waals surface area (Å²) in [5.41, 5.74) is 5.15. The lowest BCUT2D eigenvalue weighted by molar-refractivity contribution is -0.173. The predicted molar refractivity (Wildman–Crippen MR) is 49.8 cm³/mol. The summed E-state index contributed by atoms with van der Waals surface area (Å²) in [6.07, 6.45) is -4.84. The largest absolute Gasteiger partial charge is 0.471 e. The lowest BCUT2D eigenvalue weighted by atomic mass is 10.5. The first-order valence-corrected chi connectivity index (χ1v) is 4.69. The Morgan fingerprint density at radius 1 is 1.12 bits per heavy atom. The third-order valence-corrected chi connectivity index (χ3v) is 1.42. The van der Waals surface area contributed by atoms with Crippen molar-refractivity contribution in [1.29, 1.82) is 0 Å². The zero-order chi connectivity index (χ0) is 12.4. The van der Waals surface area contributed by atoms with E-state index in [4.69, 9.17) is 15.2 Å². The van der Waals surface area contributed by atoms with Gasteiger partial charge in [0.25, 0.3) is 0 Å². The Morgan fingerprint density at radius 3 is 2.19 bits per heavy atom. The Labute approximate surface area is 91.1 Å². The van der Waals surface area contributed by atoms with Gasteiger partial charge >= 0.3 is 12.1 Å². The summed E-state index contributed by atoms with van der Waals surface area (Å²) in [7, 11) is 0. The molecule has 16 heavy (non-hydrogen) atoms. The molecule has 0 atom stereocenters. The van der Waals surface area contributed by atoms with Crippen molar-refractivity contribution >= 4 is 5.91 Å². The molecule has 5 nitrogen and oxygen atoms in total. The van der Waals surface area contributed by atoms with Crippen LogP contribution >= 0.6 is 0 Å². The van der Waals surface area contributed by atoms with Crippen molar-refractivity contribution in [3.63, 3.8) is 0 Å². The maximum Gasteiger partial charge on any atom is 0.471 e. The normalized spacial score (nSPS) is 11.5. The van der Waals surface area contributed by atoms with Crippen molar-refractivity contribution in [3.05, 3.63) is 0 Å². The number of nitrogens with two attached hydrogens (primary N) is 1. The Hall–Kier alpha value is -0.860. The van der Waals surface area contributed by atoms with Gasteiger partial charge in [-0.25, -0.2) is 0 Å². The zero-order valence-corrected chi connectivity index (χ0v) is 8.68. The van der Waals surface area contributed by atoms with Gasteiger partial charge in [0.2, 0.25) is 0 Å². The number of rotatable bonds is 8. The molecule has 0 saturated heterocycles. The van der Waals surface area contributed by atoms with Crippen molar-refractivity contribution < 1.29 is 27.4 Å². The number of alkyl halides is 3. The highest BCUT2D eigenvalue weighted by molar-refractivity contribution is 5.81. The fraction of sp³-hybridized carbons (Fsp3) is 0.875. The molecule has 96 valence electrons. The third-order valence-electron chi connectivity index (χ3n) is 1.42. The lowest BCUT2D eigenvalue weighted by Gasteiger charge is -2.08. The first kappa shape index (κ1) is 15.1. The molecule has 0 heterocycles. The highest BCUT2D eigenvalue weighted by Gasteiger charge is 2.38. The average Bonchev–Trinajstić information content (AvgIpc) is 2.20. The van der Waals surface area contributed by atoms with Crippen molar-refractivity contribution in [1.82, 2.24) is 5.32 Å². The van der Waals surface area contributed by atoms with Gasteiger partial charge in [0, 0.05) is 13.1 Å². The molecule has 0 aliphatic carbocycles. The summed E-state index contributed by atoms with van der Waals surface area (Å²) in [6.45, 7) is 1.21. The highest BCUT2D eigenvalue weighted by Crippen LogP contribution is 2.13. The molecule has 0 aromatic rings. The smallest absolute Gasteiger partial charge is 0.378 e. The molecule has 0 saturated carbocycles. The summed E-state index contributed by atoms with van der Waals surface area (Å²) in [6, 6.07) is 0. The fourth-order valence-corrected chi connectivity index (χ4v) is 0.742. The molecule has 1 amide bonds. The number of hydrogen-bond acceptors (Lipinski definition) is 4. The summed E-state index contributed by atoms with van der Waals surface area (Å²) in [5.74, 6) is -1.96. The lowest BCUT2D eigenvalue weighted by Crippen LogP contribution is -2.38. The van der Waals surface area contributed by atoms with E-state index in [0.717, 1.165) is 0 Å². The predicted octanol–water partition coefficient (Wildman–Crippen LogP) is -0.343. The van der Waals surface area contributed by atoms with Crippen LogP contribution in [0, 0.1) is 0 Å². The molecule has 0 bridgehead atoms. The number of carbonyl (C=O) groups excluding carboxylic acids is 1. The van der Waals surface area contributed by atoms with E-state index in [2.05, 4.69) is 0 Å². The monoisotopic (exact) mass is 244 g/mol. The molecule has 0 aromatic heterocycles. The van der Waals surface area contributed by atoms with E-state index in [1.54, 1.807) is 5.32 Å². The minimum absolute atomic E-state index is 0.00774. The number of nitrogens with one attached hydrogen (secondary N) is 1. The van der Waals surface area contributed by atoms with Gasteiger partial charge in [0.15, 0.2) is 0 Å². The average molecular weight is 244 g/mol. The highest BCUT2D eigenvalue weighted by atomic mass is 19.4. The van der Waals surface area contributed by atoms with Gasteiger partial charge < -0.3 is 20.5 Å². The van der Waals surface area contributed by atoms with Crippen molar-refractivity contribution in [2.75, 3.05) is 39.5 Å². The van der Waals surface area contributed by atoms with Crippen LogP contribution in [0.25, 0.3) is 0 Å². The van der Waals surface area contributed by atoms with Gasteiger partial charge in [-0.1, -0.05) is 0 Å². The maximum absolute atomic E-state index is 11.7. The van der Waals surface area contributed by atoms with Gasteiger partial charge in [-0.15, -0.1) is 0 Å². The second-order valence-electron chi connectivity index (χ2n) is 2.77. The van der Waals surface area contributed by atoms with Crippen LogP contribution in [0.2, 0.25) is 0 Å². The van der Waals surface area contributed by atoms with Crippen LogP contribution in [0.1, 0.15) is 0 Å². The van der Waals surface area contributed by atoms with Gasteiger partial charge in [-0.3, -0.25) is 4.79 Å². The number of hydrogen-bond donors (Lipinski definition) is 2. The minimum Gasteiger partial charge on any atom is -0.378 e. The Morgan fingerprint density at radius 2 is 1.69 bits per heavy atom. The molecule has 0 aliphatic rings. The van der Waals surface area contributed by atoms with E-state index in [0.29, 0.717) is 19.8 Å². The first-order valence-electron chi connectivity index (χ1n) is 4.69. The molecule has 8 heteroatoms. The summed E-state index contributed by atoms with van der Waals surface area (Å²) >= 11 is 0. The van der Waals surface area contributed by atoms with Crippen LogP contribution in [0.5, 0.6) is 0 Å². The van der Waals surface area contributed by atoms with E-state index in [-0.39, 0.29) is 19.8 Å². The molecule has 3 N–H and O–H groups in total. The van der Waals surface area contributed by atoms with Gasteiger partial charge in [-0.2, -0.15) is 13.2 Å². The SMILES string of the molecule is NCCOCCOCCNC(=O)C(F)(F)F. The molecular weight excluding hydrogens is 229 g/mol. The molecule has 0 aromatic carbocycles. The van der Waals surface area contributed by atoms with Crippen LogP contribution < -0.4 is 11.1 Å². The van der Waals surface area contributed by atoms with Crippen LogP contribution in [0.3, 0.4) is 0 Å². The molecule has 0 unspecified atom stereocenters. The fourth-order valence-electron chi connectivity index (χ4n) is 0.742. The second kappa shape index (κ2) is 8.31. The quantitative estimate of drug-likeness (QED) is 0.573. The molecule has 0 radical (unpaired) electrons. The summed E-state index contributed by atoms with van der Waals surface area (Å²) in [5, 5.41) is 1.67. The Bertz CT molecular complexity index is 199. The Kier molecular flexibility index (Phi) is 7.86. The van der Waals surface area contributed by atoms with Crippen LogP contribution in [-0.4, -0.2) is 51.6 Å². The molecule has 0 fully saturated rings. The number of amides is 1. The van der Waals surface area contributed by atoms with Crippen molar-refractivity contribution in [2.45, 2.75) is 6.18 Å². The summed E-state index contributed by atoms with van der Waals surface area (Å²) in [4.78, 5) is 10.3. The van der Waals surface area contributed by atoms with Crippen LogP contribution in [0.4, 0.5) is 13.2 Å². The Balaban J connectivity index is 3.25. The van der Waals surface area contributed by atoms with E-state index in [1.165, 1.54) is 0 Å². The van der Waals surface area contributed by atoms with Crippen molar-refractivity contribution in [3.8, 4) is 0 Å². The van der Waals surface area contributed by atoms with E-state index in [9.17, 15) is 18.0 Å². The first-order chi connectivity index (χ1) is 7.48. The van der Waals surface area contributed by atoms with Gasteiger partial charge in [0.1, 0.15) is 0 Å².